The topological polar surface area (TPSA) is 23.5 Å². The van der Waals surface area contributed by atoms with E-state index < -0.39 is 0 Å². The largest absolute Gasteiger partial charge is 0.393 e. The number of nitrogens with zero attached hydrogens (tertiary/aromatic N) is 1. The van der Waals surface area contributed by atoms with E-state index in [1.54, 1.807) is 0 Å². The molecule has 2 unspecified atom stereocenters. The van der Waals surface area contributed by atoms with Crippen LogP contribution in [0.1, 0.15) is 19.3 Å². The van der Waals surface area contributed by atoms with Crippen LogP contribution in [0.4, 0.5) is 0 Å². The van der Waals surface area contributed by atoms with Crippen molar-refractivity contribution in [3.8, 4) is 0 Å². The van der Waals surface area contributed by atoms with Crippen molar-refractivity contribution >= 4 is 0 Å². The molecule has 0 amide bonds. The van der Waals surface area contributed by atoms with Crippen LogP contribution >= 0.6 is 0 Å². The quantitative estimate of drug-likeness (QED) is 0.546. The van der Waals surface area contributed by atoms with Crippen molar-refractivity contribution in [1.29, 1.82) is 0 Å². The van der Waals surface area contributed by atoms with Crippen LogP contribution < -0.4 is 0 Å². The van der Waals surface area contributed by atoms with Crippen LogP contribution in [0.15, 0.2) is 0 Å². The van der Waals surface area contributed by atoms with E-state index in [-0.39, 0.29) is 6.10 Å². The number of rotatable bonds is 0. The van der Waals surface area contributed by atoms with Gasteiger partial charge in [-0.1, -0.05) is 0 Å². The zero-order valence-corrected chi connectivity index (χ0v) is 6.74. The molecule has 0 aromatic carbocycles. The van der Waals surface area contributed by atoms with Crippen molar-refractivity contribution < 1.29 is 5.11 Å². The number of fused-ring (bicyclic) bond motifs is 3. The van der Waals surface area contributed by atoms with E-state index in [0.717, 1.165) is 37.3 Å². The summed E-state index contributed by atoms with van der Waals surface area (Å²) in [6, 6.07) is 0.767. The van der Waals surface area contributed by atoms with Gasteiger partial charge in [-0.25, -0.2) is 0 Å². The van der Waals surface area contributed by atoms with E-state index in [4.69, 9.17) is 0 Å². The third-order valence-corrected chi connectivity index (χ3v) is 3.67. The molecule has 3 aliphatic rings. The van der Waals surface area contributed by atoms with Gasteiger partial charge >= 0.3 is 0 Å². The van der Waals surface area contributed by atoms with Gasteiger partial charge in [-0.2, -0.15) is 0 Å². The molecule has 62 valence electrons. The summed E-state index contributed by atoms with van der Waals surface area (Å²) >= 11 is 0. The van der Waals surface area contributed by atoms with Crippen LogP contribution in [0, 0.1) is 11.8 Å². The minimum atomic E-state index is 0.00981. The van der Waals surface area contributed by atoms with E-state index in [1.807, 2.05) is 0 Å². The van der Waals surface area contributed by atoms with Crippen LogP contribution in [0.3, 0.4) is 0 Å². The predicted octanol–water partition coefficient (Wildman–Crippen LogP) is 0.461. The minimum Gasteiger partial charge on any atom is -0.393 e. The summed E-state index contributed by atoms with van der Waals surface area (Å²) < 4.78 is 0. The lowest BCUT2D eigenvalue weighted by molar-refractivity contribution is 0.0504. The van der Waals surface area contributed by atoms with Crippen LogP contribution in [-0.4, -0.2) is 35.2 Å². The number of aliphatic hydroxyl groups is 1. The van der Waals surface area contributed by atoms with E-state index in [2.05, 4.69) is 4.90 Å². The van der Waals surface area contributed by atoms with Crippen LogP contribution in [-0.2, 0) is 0 Å². The fourth-order valence-corrected chi connectivity index (χ4v) is 2.95. The van der Waals surface area contributed by atoms with Crippen LogP contribution in [0.5, 0.6) is 0 Å². The first-order valence-electron chi connectivity index (χ1n) is 4.77. The number of hydrogen-bond acceptors (Lipinski definition) is 2. The highest BCUT2D eigenvalue weighted by molar-refractivity contribution is 5.06. The van der Waals surface area contributed by atoms with Crippen molar-refractivity contribution in [2.75, 3.05) is 13.1 Å². The van der Waals surface area contributed by atoms with Gasteiger partial charge in [-0.3, -0.25) is 4.90 Å². The standard InChI is InChI=1S/C9H15NO/c11-7-1-2-10-5-6-3-8(6)9(10)4-7/h6-9,11H,1-5H2/t6-,7?,8-,9?/m1/s1. The molecular weight excluding hydrogens is 138 g/mol. The molecule has 1 aliphatic carbocycles. The average molecular weight is 153 g/mol. The molecule has 3 rings (SSSR count). The molecule has 2 heteroatoms. The Bertz CT molecular complexity index is 182. The first-order chi connectivity index (χ1) is 5.34. The van der Waals surface area contributed by atoms with Gasteiger partial charge in [0.2, 0.25) is 0 Å². The molecule has 0 spiro atoms. The monoisotopic (exact) mass is 153 g/mol. The van der Waals surface area contributed by atoms with Gasteiger partial charge < -0.3 is 5.11 Å². The van der Waals surface area contributed by atoms with Gasteiger partial charge in [0, 0.05) is 19.1 Å². The minimum absolute atomic E-state index is 0.00981. The highest BCUT2D eigenvalue weighted by Gasteiger charge is 2.53. The number of piperidine rings is 2. The smallest absolute Gasteiger partial charge is 0.0567 e. The Hall–Kier alpha value is -0.0800. The van der Waals surface area contributed by atoms with Gasteiger partial charge in [-0.05, 0) is 31.1 Å². The van der Waals surface area contributed by atoms with Crippen molar-refractivity contribution in [3.63, 3.8) is 0 Å². The van der Waals surface area contributed by atoms with Crippen molar-refractivity contribution in [1.82, 2.24) is 4.90 Å². The van der Waals surface area contributed by atoms with Gasteiger partial charge in [-0.15, -0.1) is 0 Å². The van der Waals surface area contributed by atoms with Gasteiger partial charge in [0.25, 0.3) is 0 Å². The molecular formula is C9H15NO. The summed E-state index contributed by atoms with van der Waals surface area (Å²) in [4.78, 5) is 2.59. The second-order valence-corrected chi connectivity index (χ2v) is 4.40. The molecule has 2 heterocycles. The van der Waals surface area contributed by atoms with Crippen molar-refractivity contribution in [3.05, 3.63) is 0 Å². The Morgan fingerprint density at radius 1 is 1.27 bits per heavy atom. The summed E-state index contributed by atoms with van der Waals surface area (Å²) in [5, 5.41) is 9.47. The summed E-state index contributed by atoms with van der Waals surface area (Å²) in [6.45, 7) is 2.49. The lowest BCUT2D eigenvalue weighted by Gasteiger charge is -2.34. The van der Waals surface area contributed by atoms with Crippen molar-refractivity contribution in [2.45, 2.75) is 31.4 Å². The first-order valence-corrected chi connectivity index (χ1v) is 4.77. The average Bonchev–Trinajstić information content (AvgIpc) is 2.67. The van der Waals surface area contributed by atoms with Gasteiger partial charge in [0.15, 0.2) is 0 Å². The molecule has 2 nitrogen and oxygen atoms in total. The molecule has 3 fully saturated rings. The summed E-state index contributed by atoms with van der Waals surface area (Å²) in [5.74, 6) is 2.00. The van der Waals surface area contributed by atoms with Gasteiger partial charge in [0.05, 0.1) is 6.10 Å². The summed E-state index contributed by atoms with van der Waals surface area (Å²) in [6.07, 6.45) is 3.53. The summed E-state index contributed by atoms with van der Waals surface area (Å²) in [7, 11) is 0. The van der Waals surface area contributed by atoms with E-state index in [1.165, 1.54) is 13.0 Å². The Balaban J connectivity index is 1.77. The SMILES string of the molecule is OC1CCN2C[C@H]3C[C@H]3C2C1. The number of aliphatic hydroxyl groups excluding tert-OH is 1. The second-order valence-electron chi connectivity index (χ2n) is 4.40. The highest BCUT2D eigenvalue weighted by atomic mass is 16.3. The third-order valence-electron chi connectivity index (χ3n) is 3.67. The lowest BCUT2D eigenvalue weighted by Crippen LogP contribution is -2.42. The van der Waals surface area contributed by atoms with Crippen molar-refractivity contribution in [2.24, 2.45) is 11.8 Å². The maximum Gasteiger partial charge on any atom is 0.0567 e. The molecule has 0 aromatic rings. The number of hydrogen-bond donors (Lipinski definition) is 1. The lowest BCUT2D eigenvalue weighted by atomic mass is 9.98. The zero-order chi connectivity index (χ0) is 7.42. The molecule has 4 atom stereocenters. The Morgan fingerprint density at radius 3 is 3.09 bits per heavy atom. The zero-order valence-electron chi connectivity index (χ0n) is 6.74. The highest BCUT2D eigenvalue weighted by Crippen LogP contribution is 2.51. The Labute approximate surface area is 67.2 Å². The molecule has 2 saturated heterocycles. The van der Waals surface area contributed by atoms with E-state index >= 15 is 0 Å². The van der Waals surface area contributed by atoms with E-state index in [9.17, 15) is 5.11 Å². The summed E-state index contributed by atoms with van der Waals surface area (Å²) in [5.41, 5.74) is 0. The molecule has 1 saturated carbocycles. The molecule has 0 bridgehead atoms. The molecule has 0 radical (unpaired) electrons. The molecule has 11 heavy (non-hydrogen) atoms. The fourth-order valence-electron chi connectivity index (χ4n) is 2.95. The van der Waals surface area contributed by atoms with E-state index in [0.29, 0.717) is 0 Å². The second kappa shape index (κ2) is 1.99. The van der Waals surface area contributed by atoms with Crippen LogP contribution in [0.25, 0.3) is 0 Å². The third kappa shape index (κ3) is 0.859. The maximum atomic E-state index is 9.47. The molecule has 1 N–H and O–H groups in total. The molecule has 0 aromatic heterocycles. The first kappa shape index (κ1) is 6.44. The predicted molar refractivity (Wildman–Crippen MR) is 42.2 cm³/mol. The maximum absolute atomic E-state index is 9.47. The van der Waals surface area contributed by atoms with Crippen LogP contribution in [0.2, 0.25) is 0 Å². The normalized spacial score (nSPS) is 55.4. The Kier molecular flexibility index (Phi) is 1.16. The Morgan fingerprint density at radius 2 is 2.18 bits per heavy atom. The van der Waals surface area contributed by atoms with Gasteiger partial charge in [0.1, 0.15) is 0 Å². The fraction of sp³-hybridized carbons (Fsp3) is 1.00. The molecule has 2 aliphatic heterocycles.